The van der Waals surface area contributed by atoms with Gasteiger partial charge in [0.05, 0.1) is 12.0 Å². The average molecular weight is 250 g/mol. The third kappa shape index (κ3) is 2.61. The molecule has 5 heteroatoms. The van der Waals surface area contributed by atoms with Crippen LogP contribution in [0.4, 0.5) is 0 Å². The van der Waals surface area contributed by atoms with Crippen LogP contribution < -0.4 is 5.32 Å². The molecule has 1 unspecified atom stereocenters. The zero-order valence-corrected chi connectivity index (χ0v) is 11.4. The number of piperidine rings is 1. The maximum absolute atomic E-state index is 12.4. The first-order valence-corrected chi connectivity index (χ1v) is 6.69. The quantitative estimate of drug-likeness (QED) is 0.880. The molecule has 1 aromatic rings. The molecule has 1 aliphatic rings. The number of rotatable bonds is 4. The summed E-state index contributed by atoms with van der Waals surface area (Å²) in [7, 11) is 0. The van der Waals surface area contributed by atoms with E-state index in [0.717, 1.165) is 31.6 Å². The minimum atomic E-state index is -0.383. The van der Waals surface area contributed by atoms with Crippen LogP contribution in [-0.2, 0) is 11.2 Å². The van der Waals surface area contributed by atoms with Crippen molar-refractivity contribution in [1.29, 1.82) is 0 Å². The number of aromatic nitrogens is 3. The fourth-order valence-electron chi connectivity index (χ4n) is 2.46. The molecule has 1 N–H and O–H groups in total. The van der Waals surface area contributed by atoms with E-state index < -0.39 is 0 Å². The molecule has 0 aromatic carbocycles. The summed E-state index contributed by atoms with van der Waals surface area (Å²) in [5.74, 6) is 0.987. The van der Waals surface area contributed by atoms with Crippen LogP contribution in [0.5, 0.6) is 0 Å². The molecule has 0 radical (unpaired) electrons. The Morgan fingerprint density at radius 3 is 2.94 bits per heavy atom. The van der Waals surface area contributed by atoms with Gasteiger partial charge in [0.2, 0.25) is 0 Å². The Morgan fingerprint density at radius 2 is 2.33 bits per heavy atom. The van der Waals surface area contributed by atoms with Crippen LogP contribution in [0.25, 0.3) is 0 Å². The smallest absolute Gasteiger partial charge is 0.160 e. The number of carbonyl (C=O) groups is 1. The van der Waals surface area contributed by atoms with Gasteiger partial charge in [-0.2, -0.15) is 5.10 Å². The number of hydrogen-bond donors (Lipinski definition) is 1. The largest absolute Gasteiger partial charge is 0.305 e. The van der Waals surface area contributed by atoms with Crippen LogP contribution in [0.15, 0.2) is 6.33 Å². The van der Waals surface area contributed by atoms with E-state index in [0.29, 0.717) is 6.42 Å². The Labute approximate surface area is 108 Å². The monoisotopic (exact) mass is 250 g/mol. The van der Waals surface area contributed by atoms with E-state index >= 15 is 0 Å². The number of Topliss-reactive ketones (excluding diaryl/α,β-unsaturated/α-hetero) is 1. The Balaban J connectivity index is 2.08. The number of nitrogens with zero attached hydrogens (tertiary/aromatic N) is 3. The van der Waals surface area contributed by atoms with Gasteiger partial charge < -0.3 is 5.32 Å². The van der Waals surface area contributed by atoms with Gasteiger partial charge in [-0.15, -0.1) is 0 Å². The zero-order valence-electron chi connectivity index (χ0n) is 11.4. The lowest BCUT2D eigenvalue weighted by atomic mass is 9.85. The first kappa shape index (κ1) is 13.2. The topological polar surface area (TPSA) is 59.8 Å². The van der Waals surface area contributed by atoms with Crippen LogP contribution in [0.1, 0.15) is 51.9 Å². The molecule has 2 heterocycles. The Kier molecular flexibility index (Phi) is 3.80. The van der Waals surface area contributed by atoms with Gasteiger partial charge in [0, 0.05) is 6.04 Å². The molecule has 0 amide bonds. The SMILES string of the molecule is CC(C)n1ncnc1CC(=O)C1(C)CCCCN1. The lowest BCUT2D eigenvalue weighted by molar-refractivity contribution is -0.125. The van der Waals surface area contributed by atoms with Crippen molar-refractivity contribution in [2.45, 2.75) is 58.0 Å². The second kappa shape index (κ2) is 5.18. The molecule has 0 saturated carbocycles. The van der Waals surface area contributed by atoms with Gasteiger partial charge in [-0.05, 0) is 46.6 Å². The Morgan fingerprint density at radius 1 is 1.56 bits per heavy atom. The lowest BCUT2D eigenvalue weighted by Gasteiger charge is -2.33. The van der Waals surface area contributed by atoms with Crippen LogP contribution in [0, 0.1) is 0 Å². The van der Waals surface area contributed by atoms with Gasteiger partial charge in [-0.1, -0.05) is 0 Å². The zero-order chi connectivity index (χ0) is 13.2. The van der Waals surface area contributed by atoms with Gasteiger partial charge in [-0.25, -0.2) is 9.67 Å². The molecule has 1 aromatic heterocycles. The second-order valence-electron chi connectivity index (χ2n) is 5.53. The van der Waals surface area contributed by atoms with Crippen LogP contribution in [0.2, 0.25) is 0 Å². The normalized spacial score (nSPS) is 24.4. The minimum absolute atomic E-state index is 0.220. The highest BCUT2D eigenvalue weighted by molar-refractivity contribution is 5.89. The third-order valence-electron chi connectivity index (χ3n) is 3.69. The van der Waals surface area contributed by atoms with E-state index in [1.54, 1.807) is 0 Å². The van der Waals surface area contributed by atoms with Crippen molar-refractivity contribution < 1.29 is 4.79 Å². The molecule has 100 valence electrons. The molecule has 1 saturated heterocycles. The standard InChI is InChI=1S/C13H22N4O/c1-10(2)17-12(14-9-16-17)8-11(18)13(3)6-4-5-7-15-13/h9-10,15H,4-8H2,1-3H3. The molecular weight excluding hydrogens is 228 g/mol. The maximum Gasteiger partial charge on any atom is 0.160 e. The van der Waals surface area contributed by atoms with Crippen molar-refractivity contribution in [3.63, 3.8) is 0 Å². The highest BCUT2D eigenvalue weighted by Gasteiger charge is 2.34. The van der Waals surface area contributed by atoms with E-state index in [2.05, 4.69) is 15.4 Å². The van der Waals surface area contributed by atoms with Crippen molar-refractivity contribution in [3.05, 3.63) is 12.2 Å². The predicted molar refractivity (Wildman–Crippen MR) is 69.4 cm³/mol. The molecule has 18 heavy (non-hydrogen) atoms. The molecular formula is C13H22N4O. The summed E-state index contributed by atoms with van der Waals surface area (Å²) in [5.41, 5.74) is -0.383. The lowest BCUT2D eigenvalue weighted by Crippen LogP contribution is -2.53. The van der Waals surface area contributed by atoms with Crippen LogP contribution in [-0.4, -0.2) is 32.6 Å². The van der Waals surface area contributed by atoms with E-state index in [1.807, 2.05) is 25.5 Å². The highest BCUT2D eigenvalue weighted by Crippen LogP contribution is 2.21. The van der Waals surface area contributed by atoms with E-state index in [9.17, 15) is 4.79 Å². The van der Waals surface area contributed by atoms with Crippen molar-refractivity contribution in [2.24, 2.45) is 0 Å². The number of ketones is 1. The summed E-state index contributed by atoms with van der Waals surface area (Å²) >= 11 is 0. The highest BCUT2D eigenvalue weighted by atomic mass is 16.1. The first-order chi connectivity index (χ1) is 8.53. The molecule has 2 rings (SSSR count). The first-order valence-electron chi connectivity index (χ1n) is 6.69. The van der Waals surface area contributed by atoms with Crippen LogP contribution in [0.3, 0.4) is 0 Å². The Bertz CT molecular complexity index is 418. The van der Waals surface area contributed by atoms with Gasteiger partial charge in [0.1, 0.15) is 12.2 Å². The van der Waals surface area contributed by atoms with E-state index in [1.165, 1.54) is 6.33 Å². The summed E-state index contributed by atoms with van der Waals surface area (Å²) in [4.78, 5) is 16.6. The summed E-state index contributed by atoms with van der Waals surface area (Å²) in [5, 5.41) is 7.52. The van der Waals surface area contributed by atoms with Crippen molar-refractivity contribution in [3.8, 4) is 0 Å². The molecule has 0 bridgehead atoms. The maximum atomic E-state index is 12.4. The molecule has 1 atom stereocenters. The van der Waals surface area contributed by atoms with Crippen LogP contribution >= 0.6 is 0 Å². The van der Waals surface area contributed by atoms with Gasteiger partial charge in [0.15, 0.2) is 5.78 Å². The van der Waals surface area contributed by atoms with Crippen molar-refractivity contribution >= 4 is 5.78 Å². The second-order valence-corrected chi connectivity index (χ2v) is 5.53. The molecule has 1 fully saturated rings. The molecule has 5 nitrogen and oxygen atoms in total. The minimum Gasteiger partial charge on any atom is -0.305 e. The fourth-order valence-corrected chi connectivity index (χ4v) is 2.46. The van der Waals surface area contributed by atoms with E-state index in [4.69, 9.17) is 0 Å². The van der Waals surface area contributed by atoms with E-state index in [-0.39, 0.29) is 17.4 Å². The number of hydrogen-bond acceptors (Lipinski definition) is 4. The average Bonchev–Trinajstić information content (AvgIpc) is 2.78. The predicted octanol–water partition coefficient (Wildman–Crippen LogP) is 1.50. The molecule has 0 aliphatic carbocycles. The van der Waals surface area contributed by atoms with Gasteiger partial charge in [0.25, 0.3) is 0 Å². The summed E-state index contributed by atoms with van der Waals surface area (Å²) in [6, 6.07) is 0.238. The number of carbonyl (C=O) groups excluding carboxylic acids is 1. The summed E-state index contributed by atoms with van der Waals surface area (Å²) < 4.78 is 1.82. The molecule has 0 spiro atoms. The van der Waals surface area contributed by atoms with Gasteiger partial charge in [-0.3, -0.25) is 4.79 Å². The van der Waals surface area contributed by atoms with Crippen molar-refractivity contribution in [2.75, 3.05) is 6.54 Å². The fraction of sp³-hybridized carbons (Fsp3) is 0.769. The Hall–Kier alpha value is -1.23. The van der Waals surface area contributed by atoms with Gasteiger partial charge >= 0.3 is 0 Å². The molecule has 1 aliphatic heterocycles. The third-order valence-corrected chi connectivity index (χ3v) is 3.69. The number of nitrogens with one attached hydrogen (secondary N) is 1. The summed E-state index contributed by atoms with van der Waals surface area (Å²) in [6.07, 6.45) is 5.08. The van der Waals surface area contributed by atoms with Crippen molar-refractivity contribution in [1.82, 2.24) is 20.1 Å². The summed E-state index contributed by atoms with van der Waals surface area (Å²) in [6.45, 7) is 7.02.